The Balaban J connectivity index is 2.14. The van der Waals surface area contributed by atoms with Crippen LogP contribution in [0.1, 0.15) is 25.0 Å². The number of sulfonamides is 1. The molecule has 14 heteroatoms. The summed E-state index contributed by atoms with van der Waals surface area (Å²) in [7, 11) is -7.79. The van der Waals surface area contributed by atoms with E-state index >= 15 is 0 Å². The number of pyridine rings is 1. The Labute approximate surface area is 188 Å². The second kappa shape index (κ2) is 9.09. The lowest BCUT2D eigenvalue weighted by atomic mass is 10.1. The van der Waals surface area contributed by atoms with E-state index in [1.54, 1.807) is 19.1 Å². The number of aromatic nitrogens is 3. The summed E-state index contributed by atoms with van der Waals surface area (Å²) in [6.45, 7) is 1.62. The number of nitrogens with one attached hydrogen (secondary N) is 1. The van der Waals surface area contributed by atoms with E-state index in [4.69, 9.17) is 4.74 Å². The van der Waals surface area contributed by atoms with Gasteiger partial charge in [0.1, 0.15) is 0 Å². The van der Waals surface area contributed by atoms with Crippen molar-refractivity contribution >= 4 is 36.7 Å². The molecule has 0 aliphatic rings. The van der Waals surface area contributed by atoms with Crippen molar-refractivity contribution in [1.29, 1.82) is 0 Å². The van der Waals surface area contributed by atoms with Crippen LogP contribution in [0.15, 0.2) is 47.6 Å². The van der Waals surface area contributed by atoms with Crippen molar-refractivity contribution in [2.75, 3.05) is 16.7 Å². The molecule has 0 bridgehead atoms. The van der Waals surface area contributed by atoms with Crippen molar-refractivity contribution in [2.24, 2.45) is 0 Å². The van der Waals surface area contributed by atoms with Crippen LogP contribution in [0.4, 0.5) is 19.0 Å². The Morgan fingerprint density at radius 1 is 1.06 bits per heavy atom. The molecule has 0 radical (unpaired) electrons. The Morgan fingerprint density at radius 3 is 2.27 bits per heavy atom. The number of nitrogens with zero attached hydrogens (tertiary/aromatic N) is 3. The molecule has 2 aromatic heterocycles. The molecule has 1 aromatic carbocycles. The van der Waals surface area contributed by atoms with Crippen LogP contribution in [-0.2, 0) is 19.9 Å². The molecule has 0 amide bonds. The average molecular weight is 505 g/mol. The summed E-state index contributed by atoms with van der Waals surface area (Å²) in [4.78, 5) is 11.2. The van der Waals surface area contributed by atoms with Crippen LogP contribution in [-0.4, -0.2) is 50.0 Å². The fraction of sp³-hybridized carbons (Fsp3) is 0.316. The first kappa shape index (κ1) is 24.6. The summed E-state index contributed by atoms with van der Waals surface area (Å²) in [6, 6.07) is 6.93. The first-order chi connectivity index (χ1) is 15.3. The second-order valence-electron chi connectivity index (χ2n) is 7.05. The number of halogens is 3. The van der Waals surface area contributed by atoms with Gasteiger partial charge in [0.15, 0.2) is 9.84 Å². The van der Waals surface area contributed by atoms with Gasteiger partial charge in [0.25, 0.3) is 5.88 Å². The molecular formula is C19H19F3N4O5S2. The maximum atomic E-state index is 13.9. The van der Waals surface area contributed by atoms with E-state index in [9.17, 15) is 30.0 Å². The topological polar surface area (TPSA) is 128 Å². The van der Waals surface area contributed by atoms with Gasteiger partial charge in [0, 0.05) is 24.2 Å². The number of hydrogen-bond donors (Lipinski definition) is 1. The highest BCUT2D eigenvalue weighted by Crippen LogP contribution is 2.39. The Bertz CT molecular complexity index is 1380. The molecule has 0 aliphatic carbocycles. The van der Waals surface area contributed by atoms with Gasteiger partial charge in [0.2, 0.25) is 21.9 Å². The number of fused-ring (bicyclic) bond motifs is 1. The molecule has 0 saturated carbocycles. The van der Waals surface area contributed by atoms with E-state index in [0.717, 1.165) is 24.7 Å². The zero-order chi connectivity index (χ0) is 24.4. The molecule has 0 aliphatic heterocycles. The average Bonchev–Trinajstić information content (AvgIpc) is 2.70. The molecule has 178 valence electrons. The summed E-state index contributed by atoms with van der Waals surface area (Å²) < 4.78 is 97.1. The minimum Gasteiger partial charge on any atom is -0.457 e. The number of ether oxygens (including phenoxy) is 1. The third kappa shape index (κ3) is 6.07. The fourth-order valence-corrected chi connectivity index (χ4v) is 4.49. The number of sulfone groups is 1. The molecule has 3 aromatic rings. The number of hydrogen-bond acceptors (Lipinski definition) is 8. The van der Waals surface area contributed by atoms with E-state index in [2.05, 4.69) is 19.7 Å². The quantitative estimate of drug-likeness (QED) is 0.495. The molecule has 0 saturated heterocycles. The van der Waals surface area contributed by atoms with Gasteiger partial charge in [-0.05, 0) is 24.6 Å². The Hall–Kier alpha value is -3.00. The third-order valence-electron chi connectivity index (χ3n) is 4.26. The minimum atomic E-state index is -5.02. The highest BCUT2D eigenvalue weighted by Gasteiger charge is 2.44. The zero-order valence-electron chi connectivity index (χ0n) is 17.4. The lowest BCUT2D eigenvalue weighted by molar-refractivity contribution is -0.198. The van der Waals surface area contributed by atoms with Crippen LogP contribution in [0.5, 0.6) is 5.88 Å². The van der Waals surface area contributed by atoms with E-state index in [1.165, 1.54) is 12.1 Å². The van der Waals surface area contributed by atoms with Gasteiger partial charge in [0.05, 0.1) is 21.7 Å². The van der Waals surface area contributed by atoms with Gasteiger partial charge < -0.3 is 4.74 Å². The summed E-state index contributed by atoms with van der Waals surface area (Å²) in [5.74, 6) is -1.55. The van der Waals surface area contributed by atoms with Crippen LogP contribution in [0.3, 0.4) is 0 Å². The van der Waals surface area contributed by atoms with Crippen LogP contribution in [0.25, 0.3) is 11.0 Å². The highest BCUT2D eigenvalue weighted by atomic mass is 32.2. The molecular weight excluding hydrogens is 485 g/mol. The number of para-hydroxylation sites is 2. The summed E-state index contributed by atoms with van der Waals surface area (Å²) in [6.07, 6.45) is -4.93. The smallest absolute Gasteiger partial charge is 0.429 e. The molecule has 2 heterocycles. The van der Waals surface area contributed by atoms with Gasteiger partial charge in [-0.25, -0.2) is 26.8 Å². The van der Waals surface area contributed by atoms with Crippen LogP contribution < -0.4 is 9.46 Å². The van der Waals surface area contributed by atoms with Crippen molar-refractivity contribution in [2.45, 2.75) is 30.5 Å². The van der Waals surface area contributed by atoms with Crippen molar-refractivity contribution in [3.63, 3.8) is 0 Å². The summed E-state index contributed by atoms with van der Waals surface area (Å²) in [5, 5.41) is 0. The fourth-order valence-electron chi connectivity index (χ4n) is 2.82. The standard InChI is InChI=1S/C19H19F3N4O5S2/c1-3-8-33(29,30)26-17-18(25-15-7-5-4-6-14(15)24-17)31-16(19(20,21)22)12-9-13(11-23-10-12)32(2,27)28/h4-7,9-11,16H,3,8H2,1-2H3,(H,24,26). The monoisotopic (exact) mass is 504 g/mol. The van der Waals surface area contributed by atoms with E-state index < -0.39 is 54.3 Å². The van der Waals surface area contributed by atoms with E-state index in [1.807, 2.05) is 0 Å². The predicted octanol–water partition coefficient (Wildman–Crippen LogP) is 3.26. The molecule has 3 rings (SSSR count). The van der Waals surface area contributed by atoms with Gasteiger partial charge in [-0.2, -0.15) is 13.2 Å². The SMILES string of the molecule is CCCS(=O)(=O)Nc1nc2ccccc2nc1OC(c1cncc(S(C)(=O)=O)c1)C(F)(F)F. The van der Waals surface area contributed by atoms with Crippen molar-refractivity contribution in [1.82, 2.24) is 15.0 Å². The number of alkyl halides is 3. The molecule has 1 unspecified atom stereocenters. The van der Waals surface area contributed by atoms with E-state index in [0.29, 0.717) is 0 Å². The van der Waals surface area contributed by atoms with Gasteiger partial charge in [-0.3, -0.25) is 9.71 Å². The molecule has 1 N–H and O–H groups in total. The Morgan fingerprint density at radius 2 is 1.70 bits per heavy atom. The number of rotatable bonds is 8. The second-order valence-corrected chi connectivity index (χ2v) is 10.9. The zero-order valence-corrected chi connectivity index (χ0v) is 19.0. The van der Waals surface area contributed by atoms with Crippen molar-refractivity contribution in [3.8, 4) is 5.88 Å². The van der Waals surface area contributed by atoms with Gasteiger partial charge in [-0.1, -0.05) is 19.1 Å². The number of benzene rings is 1. The van der Waals surface area contributed by atoms with E-state index in [-0.39, 0.29) is 23.2 Å². The van der Waals surface area contributed by atoms with Gasteiger partial charge in [-0.15, -0.1) is 0 Å². The summed E-state index contributed by atoms with van der Waals surface area (Å²) in [5.41, 5.74) is -0.221. The van der Waals surface area contributed by atoms with Crippen LogP contribution in [0, 0.1) is 0 Å². The molecule has 9 nitrogen and oxygen atoms in total. The maximum Gasteiger partial charge on any atom is 0.429 e. The first-order valence-corrected chi connectivity index (χ1v) is 13.0. The van der Waals surface area contributed by atoms with Crippen LogP contribution >= 0.6 is 0 Å². The normalized spacial score (nSPS) is 13.6. The predicted molar refractivity (Wildman–Crippen MR) is 114 cm³/mol. The minimum absolute atomic E-state index is 0.162. The molecule has 33 heavy (non-hydrogen) atoms. The lowest BCUT2D eigenvalue weighted by Crippen LogP contribution is -2.28. The molecule has 1 atom stereocenters. The Kier molecular flexibility index (Phi) is 6.79. The third-order valence-corrected chi connectivity index (χ3v) is 6.79. The molecule has 0 fully saturated rings. The highest BCUT2D eigenvalue weighted by molar-refractivity contribution is 7.92. The first-order valence-electron chi connectivity index (χ1n) is 9.46. The largest absolute Gasteiger partial charge is 0.457 e. The lowest BCUT2D eigenvalue weighted by Gasteiger charge is -2.23. The van der Waals surface area contributed by atoms with Crippen molar-refractivity contribution < 1.29 is 34.7 Å². The maximum absolute atomic E-state index is 13.9. The van der Waals surface area contributed by atoms with Crippen molar-refractivity contribution in [3.05, 3.63) is 48.3 Å². The molecule has 0 spiro atoms. The van der Waals surface area contributed by atoms with Crippen LogP contribution in [0.2, 0.25) is 0 Å². The number of anilines is 1. The summed E-state index contributed by atoms with van der Waals surface area (Å²) >= 11 is 0. The van der Waals surface area contributed by atoms with Gasteiger partial charge >= 0.3 is 6.18 Å².